The van der Waals surface area contributed by atoms with Gasteiger partial charge in [-0.1, -0.05) is 60.7 Å². The number of nitrogens with zero attached hydrogens (tertiary/aromatic N) is 3. The van der Waals surface area contributed by atoms with E-state index in [4.69, 9.17) is 4.74 Å². The van der Waals surface area contributed by atoms with Crippen molar-refractivity contribution in [3.05, 3.63) is 96.1 Å². The van der Waals surface area contributed by atoms with E-state index >= 15 is 0 Å². The molecule has 6 nitrogen and oxygen atoms in total. The molecule has 0 bridgehead atoms. The minimum Gasteiger partial charge on any atom is -0.489 e. The van der Waals surface area contributed by atoms with E-state index < -0.39 is 0 Å². The SMILES string of the molecule is O=C(c1ccccc1)N1CCN(CC(=O)N2c3ccccc3OC[C@@H]2c2ccccc2)CC1. The highest BCUT2D eigenvalue weighted by Crippen LogP contribution is 2.39. The van der Waals surface area contributed by atoms with Gasteiger partial charge >= 0.3 is 0 Å². The summed E-state index contributed by atoms with van der Waals surface area (Å²) in [5.74, 6) is 0.826. The molecule has 2 heterocycles. The monoisotopic (exact) mass is 441 g/mol. The lowest BCUT2D eigenvalue weighted by Crippen LogP contribution is -2.52. The summed E-state index contributed by atoms with van der Waals surface area (Å²) in [6, 6.07) is 26.9. The van der Waals surface area contributed by atoms with Gasteiger partial charge in [-0.25, -0.2) is 0 Å². The van der Waals surface area contributed by atoms with E-state index in [-0.39, 0.29) is 17.9 Å². The zero-order valence-corrected chi connectivity index (χ0v) is 18.5. The molecule has 0 N–H and O–H groups in total. The van der Waals surface area contributed by atoms with Gasteiger partial charge in [-0.2, -0.15) is 0 Å². The molecule has 2 amide bonds. The molecule has 0 aliphatic carbocycles. The first kappa shape index (κ1) is 21.2. The lowest BCUT2D eigenvalue weighted by Gasteiger charge is -2.39. The van der Waals surface area contributed by atoms with Crippen molar-refractivity contribution < 1.29 is 14.3 Å². The average Bonchev–Trinajstić information content (AvgIpc) is 2.89. The highest BCUT2D eigenvalue weighted by atomic mass is 16.5. The Morgan fingerprint density at radius 1 is 0.788 bits per heavy atom. The Morgan fingerprint density at radius 3 is 2.15 bits per heavy atom. The zero-order valence-electron chi connectivity index (χ0n) is 18.5. The fourth-order valence-electron chi connectivity index (χ4n) is 4.56. The third-order valence-electron chi connectivity index (χ3n) is 6.33. The second-order valence-corrected chi connectivity index (χ2v) is 8.40. The first-order valence-electron chi connectivity index (χ1n) is 11.4. The molecule has 0 radical (unpaired) electrons. The summed E-state index contributed by atoms with van der Waals surface area (Å²) in [6.45, 7) is 3.31. The standard InChI is InChI=1S/C27H27N3O3/c31-26(19-28-15-17-29(18-16-28)27(32)22-11-5-2-6-12-22)30-23-13-7-8-14-25(23)33-20-24(30)21-9-3-1-4-10-21/h1-14,24H,15-20H2/t24-/m1/s1. The quantitative estimate of drug-likeness (QED) is 0.621. The topological polar surface area (TPSA) is 53.1 Å². The van der Waals surface area contributed by atoms with E-state index in [1.54, 1.807) is 0 Å². The fraction of sp³-hybridized carbons (Fsp3) is 0.259. The predicted octanol–water partition coefficient (Wildman–Crippen LogP) is 3.61. The number of para-hydroxylation sites is 2. The first-order valence-corrected chi connectivity index (χ1v) is 11.4. The number of rotatable bonds is 4. The third-order valence-corrected chi connectivity index (χ3v) is 6.33. The van der Waals surface area contributed by atoms with Crippen LogP contribution in [0.4, 0.5) is 5.69 Å². The summed E-state index contributed by atoms with van der Waals surface area (Å²) < 4.78 is 5.99. The second kappa shape index (κ2) is 9.46. The van der Waals surface area contributed by atoms with E-state index in [1.807, 2.05) is 94.7 Å². The van der Waals surface area contributed by atoms with Gasteiger partial charge in [0, 0.05) is 31.7 Å². The van der Waals surface area contributed by atoms with Crippen LogP contribution in [0.25, 0.3) is 0 Å². The molecule has 1 saturated heterocycles. The third kappa shape index (κ3) is 4.47. The molecule has 5 rings (SSSR count). The Balaban J connectivity index is 1.29. The Kier molecular flexibility index (Phi) is 6.09. The maximum atomic E-state index is 13.6. The predicted molar refractivity (Wildman–Crippen MR) is 127 cm³/mol. The number of hydrogen-bond donors (Lipinski definition) is 0. The molecule has 2 aliphatic heterocycles. The summed E-state index contributed by atoms with van der Waals surface area (Å²) in [5, 5.41) is 0. The van der Waals surface area contributed by atoms with Crippen molar-refractivity contribution in [1.82, 2.24) is 9.80 Å². The van der Waals surface area contributed by atoms with Crippen LogP contribution >= 0.6 is 0 Å². The summed E-state index contributed by atoms with van der Waals surface area (Å²) in [7, 11) is 0. The number of anilines is 1. The summed E-state index contributed by atoms with van der Waals surface area (Å²) in [5.41, 5.74) is 2.57. The molecule has 3 aromatic carbocycles. The van der Waals surface area contributed by atoms with Crippen molar-refractivity contribution in [3.63, 3.8) is 0 Å². The van der Waals surface area contributed by atoms with E-state index in [1.165, 1.54) is 0 Å². The number of carbonyl (C=O) groups is 2. The molecule has 0 aromatic heterocycles. The molecule has 0 spiro atoms. The van der Waals surface area contributed by atoms with Crippen LogP contribution in [0.3, 0.4) is 0 Å². The van der Waals surface area contributed by atoms with Crippen molar-refractivity contribution in [2.24, 2.45) is 0 Å². The van der Waals surface area contributed by atoms with Crippen molar-refractivity contribution >= 4 is 17.5 Å². The van der Waals surface area contributed by atoms with Gasteiger partial charge in [-0.05, 0) is 29.8 Å². The Bertz CT molecular complexity index is 1110. The lowest BCUT2D eigenvalue weighted by molar-refractivity contribution is -0.121. The molecule has 33 heavy (non-hydrogen) atoms. The summed E-state index contributed by atoms with van der Waals surface area (Å²) >= 11 is 0. The van der Waals surface area contributed by atoms with Gasteiger partial charge in [-0.3, -0.25) is 19.4 Å². The number of ether oxygens (including phenoxy) is 1. The van der Waals surface area contributed by atoms with Crippen molar-refractivity contribution in [2.45, 2.75) is 6.04 Å². The van der Waals surface area contributed by atoms with Crippen LogP contribution in [0.1, 0.15) is 22.0 Å². The second-order valence-electron chi connectivity index (χ2n) is 8.40. The van der Waals surface area contributed by atoms with Crippen LogP contribution in [-0.2, 0) is 4.79 Å². The van der Waals surface area contributed by atoms with Crippen LogP contribution in [-0.4, -0.2) is 60.9 Å². The van der Waals surface area contributed by atoms with Gasteiger partial charge in [0.2, 0.25) is 5.91 Å². The van der Waals surface area contributed by atoms with Crippen molar-refractivity contribution in [3.8, 4) is 5.75 Å². The molecule has 1 fully saturated rings. The molecule has 2 aliphatic rings. The van der Waals surface area contributed by atoms with Gasteiger partial charge < -0.3 is 9.64 Å². The highest BCUT2D eigenvalue weighted by molar-refractivity contribution is 5.97. The van der Waals surface area contributed by atoms with Crippen LogP contribution < -0.4 is 9.64 Å². The molecular formula is C27H27N3O3. The molecule has 0 unspecified atom stereocenters. The maximum Gasteiger partial charge on any atom is 0.253 e. The molecule has 168 valence electrons. The number of amides is 2. The first-order chi connectivity index (χ1) is 16.2. The van der Waals surface area contributed by atoms with Gasteiger partial charge in [0.15, 0.2) is 0 Å². The minimum absolute atomic E-state index is 0.0439. The number of fused-ring (bicyclic) bond motifs is 1. The van der Waals surface area contributed by atoms with E-state index in [0.717, 1.165) is 17.0 Å². The zero-order chi connectivity index (χ0) is 22.6. The van der Waals surface area contributed by atoms with E-state index in [9.17, 15) is 9.59 Å². The van der Waals surface area contributed by atoms with Crippen LogP contribution in [0, 0.1) is 0 Å². The van der Waals surface area contributed by atoms with Gasteiger partial charge in [0.1, 0.15) is 12.4 Å². The largest absolute Gasteiger partial charge is 0.489 e. The number of piperazine rings is 1. The lowest BCUT2D eigenvalue weighted by atomic mass is 10.0. The van der Waals surface area contributed by atoms with Crippen LogP contribution in [0.15, 0.2) is 84.9 Å². The number of carbonyl (C=O) groups excluding carboxylic acids is 2. The smallest absolute Gasteiger partial charge is 0.253 e. The number of hydrogen-bond acceptors (Lipinski definition) is 4. The molecule has 1 atom stereocenters. The highest BCUT2D eigenvalue weighted by Gasteiger charge is 2.34. The normalized spacial score (nSPS) is 18.4. The van der Waals surface area contributed by atoms with Crippen molar-refractivity contribution in [2.75, 3.05) is 44.2 Å². The van der Waals surface area contributed by atoms with Gasteiger partial charge in [0.05, 0.1) is 18.3 Å². The Morgan fingerprint density at radius 2 is 1.42 bits per heavy atom. The number of benzene rings is 3. The van der Waals surface area contributed by atoms with E-state index in [2.05, 4.69) is 4.90 Å². The van der Waals surface area contributed by atoms with Crippen LogP contribution in [0.5, 0.6) is 5.75 Å². The molecule has 3 aromatic rings. The Labute approximate surface area is 194 Å². The molecule has 6 heteroatoms. The maximum absolute atomic E-state index is 13.6. The average molecular weight is 442 g/mol. The molecular weight excluding hydrogens is 414 g/mol. The van der Waals surface area contributed by atoms with Gasteiger partial charge in [0.25, 0.3) is 5.91 Å². The summed E-state index contributed by atoms with van der Waals surface area (Å²) in [4.78, 5) is 32.2. The van der Waals surface area contributed by atoms with Gasteiger partial charge in [-0.15, -0.1) is 0 Å². The van der Waals surface area contributed by atoms with Crippen LogP contribution in [0.2, 0.25) is 0 Å². The fourth-order valence-corrected chi connectivity index (χ4v) is 4.56. The van der Waals surface area contributed by atoms with E-state index in [0.29, 0.717) is 44.9 Å². The molecule has 0 saturated carbocycles. The minimum atomic E-state index is -0.172. The van der Waals surface area contributed by atoms with Crippen molar-refractivity contribution in [1.29, 1.82) is 0 Å². The Hall–Kier alpha value is -3.64. The summed E-state index contributed by atoms with van der Waals surface area (Å²) in [6.07, 6.45) is 0.